The molecule has 0 saturated carbocycles. The first-order valence-electron chi connectivity index (χ1n) is 8.94. The van der Waals surface area contributed by atoms with E-state index in [0.29, 0.717) is 39.4 Å². The summed E-state index contributed by atoms with van der Waals surface area (Å²) in [7, 11) is 0. The maximum Gasteiger partial charge on any atom is 0.284 e. The third-order valence-corrected chi connectivity index (χ3v) is 5.58. The molecular formula is C19H15Cl2N7O. The number of aromatic nitrogens is 5. The average Bonchev–Trinajstić information content (AvgIpc) is 3.06. The maximum absolute atomic E-state index is 13.4. The fraction of sp³-hybridized carbons (Fsp3) is 0.158. The molecule has 10 heteroatoms. The Morgan fingerprint density at radius 3 is 2.62 bits per heavy atom. The van der Waals surface area contributed by atoms with Crippen molar-refractivity contribution in [3.05, 3.63) is 75.0 Å². The third kappa shape index (κ3) is 2.83. The number of fused-ring (bicyclic) bond motifs is 1. The van der Waals surface area contributed by atoms with Crippen LogP contribution in [-0.4, -0.2) is 30.7 Å². The highest BCUT2D eigenvalue weighted by molar-refractivity contribution is 6.34. The van der Waals surface area contributed by atoms with Gasteiger partial charge in [-0.15, -0.1) is 0 Å². The van der Waals surface area contributed by atoms with E-state index in [9.17, 15) is 4.79 Å². The topological polar surface area (TPSA) is 94.3 Å². The summed E-state index contributed by atoms with van der Waals surface area (Å²) in [5, 5.41) is 5.47. The van der Waals surface area contributed by atoms with E-state index in [4.69, 9.17) is 34.0 Å². The predicted molar refractivity (Wildman–Crippen MR) is 112 cm³/mol. The van der Waals surface area contributed by atoms with Crippen molar-refractivity contribution in [2.75, 3.05) is 17.2 Å². The van der Waals surface area contributed by atoms with Gasteiger partial charge in [0.2, 0.25) is 5.95 Å². The number of hydrogen-bond donors (Lipinski definition) is 1. The van der Waals surface area contributed by atoms with Crippen LogP contribution >= 0.6 is 23.2 Å². The Balaban J connectivity index is 1.72. The number of benzene rings is 1. The van der Waals surface area contributed by atoms with Crippen LogP contribution in [0.4, 0.5) is 11.8 Å². The van der Waals surface area contributed by atoms with Gasteiger partial charge in [-0.05, 0) is 24.6 Å². The highest BCUT2D eigenvalue weighted by Crippen LogP contribution is 2.39. The second-order valence-corrected chi connectivity index (χ2v) is 7.50. The summed E-state index contributed by atoms with van der Waals surface area (Å²) in [6.07, 6.45) is 3.93. The van der Waals surface area contributed by atoms with Gasteiger partial charge in [-0.25, -0.2) is 9.50 Å². The van der Waals surface area contributed by atoms with Gasteiger partial charge in [0, 0.05) is 12.7 Å². The number of rotatable bonds is 3. The lowest BCUT2D eigenvalue weighted by Gasteiger charge is -2.42. The molecule has 1 fully saturated rings. The Morgan fingerprint density at radius 2 is 1.90 bits per heavy atom. The maximum atomic E-state index is 13.4. The van der Waals surface area contributed by atoms with Crippen molar-refractivity contribution < 1.29 is 0 Å². The number of nitrogens with zero attached hydrogens (tertiary/aromatic N) is 6. The average molecular weight is 428 g/mol. The largest absolute Gasteiger partial charge is 0.368 e. The monoisotopic (exact) mass is 427 g/mol. The molecule has 29 heavy (non-hydrogen) atoms. The molecule has 0 aliphatic carbocycles. The molecule has 0 spiro atoms. The molecule has 0 amide bonds. The van der Waals surface area contributed by atoms with Crippen LogP contribution in [-0.2, 0) is 0 Å². The Bertz CT molecular complexity index is 1290. The molecule has 0 radical (unpaired) electrons. The Hall–Kier alpha value is -3.10. The summed E-state index contributed by atoms with van der Waals surface area (Å²) in [6, 6.07) is 10.8. The molecule has 4 aromatic rings. The van der Waals surface area contributed by atoms with Crippen molar-refractivity contribution in [3.63, 3.8) is 0 Å². The van der Waals surface area contributed by atoms with Crippen molar-refractivity contribution in [3.8, 4) is 5.69 Å². The van der Waals surface area contributed by atoms with Gasteiger partial charge in [-0.3, -0.25) is 9.36 Å². The van der Waals surface area contributed by atoms with E-state index in [1.165, 1.54) is 10.7 Å². The van der Waals surface area contributed by atoms with Crippen LogP contribution in [0, 0.1) is 0 Å². The van der Waals surface area contributed by atoms with Crippen LogP contribution in [0.25, 0.3) is 11.2 Å². The lowest BCUT2D eigenvalue weighted by Crippen LogP contribution is -2.45. The first-order chi connectivity index (χ1) is 14.0. The van der Waals surface area contributed by atoms with Crippen LogP contribution < -0.4 is 16.2 Å². The summed E-state index contributed by atoms with van der Waals surface area (Å²) >= 11 is 12.6. The van der Waals surface area contributed by atoms with E-state index in [1.54, 1.807) is 16.8 Å². The molecule has 1 atom stereocenters. The minimum Gasteiger partial charge on any atom is -0.368 e. The van der Waals surface area contributed by atoms with Crippen LogP contribution in [0.3, 0.4) is 0 Å². The molecule has 4 heterocycles. The molecule has 5 rings (SSSR count). The van der Waals surface area contributed by atoms with E-state index in [1.807, 2.05) is 35.2 Å². The van der Waals surface area contributed by atoms with E-state index in [2.05, 4.69) is 9.97 Å². The molecule has 0 unspecified atom stereocenters. The lowest BCUT2D eigenvalue weighted by molar-refractivity contribution is 0.423. The second-order valence-electron chi connectivity index (χ2n) is 6.69. The number of hydrogen-bond acceptors (Lipinski definition) is 6. The molecular weight excluding hydrogens is 413 g/mol. The van der Waals surface area contributed by atoms with Gasteiger partial charge in [0.15, 0.2) is 11.6 Å². The molecule has 1 aromatic carbocycles. The van der Waals surface area contributed by atoms with Gasteiger partial charge in [0.05, 0.1) is 22.9 Å². The third-order valence-electron chi connectivity index (χ3n) is 5.01. The predicted octanol–water partition coefficient (Wildman–Crippen LogP) is 3.12. The first kappa shape index (κ1) is 18.0. The molecule has 1 aliphatic rings. The first-order valence-corrected chi connectivity index (χ1v) is 9.70. The Kier molecular flexibility index (Phi) is 4.18. The van der Waals surface area contributed by atoms with Crippen molar-refractivity contribution in [2.45, 2.75) is 12.5 Å². The van der Waals surface area contributed by atoms with Gasteiger partial charge in [0.25, 0.3) is 5.56 Å². The number of anilines is 2. The van der Waals surface area contributed by atoms with Crippen molar-refractivity contribution in [1.82, 2.24) is 24.1 Å². The highest BCUT2D eigenvalue weighted by atomic mass is 35.5. The SMILES string of the molecule is Nc1ncc(Cl)c(N2CC[C@H]2c2nn3ccc(Cl)c3c(=O)n2-c2ccccc2)n1. The summed E-state index contributed by atoms with van der Waals surface area (Å²) in [4.78, 5) is 23.5. The van der Waals surface area contributed by atoms with E-state index >= 15 is 0 Å². The zero-order chi connectivity index (χ0) is 20.1. The van der Waals surface area contributed by atoms with E-state index < -0.39 is 0 Å². The summed E-state index contributed by atoms with van der Waals surface area (Å²) in [6.45, 7) is 0.704. The minimum absolute atomic E-state index is 0.135. The molecule has 8 nitrogen and oxygen atoms in total. The number of nitrogens with two attached hydrogens (primary N) is 1. The van der Waals surface area contributed by atoms with Crippen LogP contribution in [0.5, 0.6) is 0 Å². The number of para-hydroxylation sites is 1. The molecule has 1 saturated heterocycles. The quantitative estimate of drug-likeness (QED) is 0.539. The van der Waals surface area contributed by atoms with E-state index in [-0.39, 0.29) is 17.5 Å². The fourth-order valence-electron chi connectivity index (χ4n) is 3.57. The molecule has 146 valence electrons. The molecule has 2 N–H and O–H groups in total. The Morgan fingerprint density at radius 1 is 1.10 bits per heavy atom. The van der Waals surface area contributed by atoms with Gasteiger partial charge in [0.1, 0.15) is 10.5 Å². The van der Waals surface area contributed by atoms with E-state index in [0.717, 1.165) is 6.42 Å². The zero-order valence-electron chi connectivity index (χ0n) is 15.0. The van der Waals surface area contributed by atoms with Crippen LogP contribution in [0.1, 0.15) is 18.3 Å². The standard InChI is InChI=1S/C19H15Cl2N7O/c20-12-6-9-27-15(12)18(29)28(11-4-2-1-3-5-11)17(25-27)14-7-8-26(14)16-13(21)10-23-19(22)24-16/h1-6,9-10,14H,7-8H2,(H2,22,23,24)/t14-/m0/s1. The fourth-order valence-corrected chi connectivity index (χ4v) is 4.00. The molecule has 3 aromatic heterocycles. The molecule has 0 bridgehead atoms. The molecule has 1 aliphatic heterocycles. The van der Waals surface area contributed by atoms with Crippen molar-refractivity contribution in [2.24, 2.45) is 0 Å². The number of nitrogen functional groups attached to an aromatic ring is 1. The minimum atomic E-state index is -0.239. The smallest absolute Gasteiger partial charge is 0.284 e. The van der Waals surface area contributed by atoms with Gasteiger partial charge in [-0.1, -0.05) is 41.4 Å². The summed E-state index contributed by atoms with van der Waals surface area (Å²) in [5.74, 6) is 1.23. The lowest BCUT2D eigenvalue weighted by atomic mass is 10.0. The van der Waals surface area contributed by atoms with Gasteiger partial charge in [-0.2, -0.15) is 10.1 Å². The van der Waals surface area contributed by atoms with Crippen molar-refractivity contribution in [1.29, 1.82) is 0 Å². The Labute approximate surface area is 175 Å². The number of halogens is 2. The second kappa shape index (κ2) is 6.75. The highest BCUT2D eigenvalue weighted by Gasteiger charge is 2.36. The van der Waals surface area contributed by atoms with Crippen LogP contribution in [0.15, 0.2) is 53.6 Å². The van der Waals surface area contributed by atoms with Gasteiger partial charge >= 0.3 is 0 Å². The zero-order valence-corrected chi connectivity index (χ0v) is 16.5. The van der Waals surface area contributed by atoms with Crippen molar-refractivity contribution >= 4 is 40.5 Å². The van der Waals surface area contributed by atoms with Crippen LogP contribution in [0.2, 0.25) is 10.0 Å². The van der Waals surface area contributed by atoms with Gasteiger partial charge < -0.3 is 10.6 Å². The normalized spacial score (nSPS) is 16.2. The summed E-state index contributed by atoms with van der Waals surface area (Å²) in [5.41, 5.74) is 6.55. The summed E-state index contributed by atoms with van der Waals surface area (Å²) < 4.78 is 3.11.